The normalized spacial score (nSPS) is 20.0. The molecule has 1 fully saturated rings. The smallest absolute Gasteiger partial charge is 0.319 e. The Morgan fingerprint density at radius 2 is 2.17 bits per heavy atom. The van der Waals surface area contributed by atoms with Gasteiger partial charge in [-0.2, -0.15) is 0 Å². The van der Waals surface area contributed by atoms with Crippen molar-refractivity contribution in [2.24, 2.45) is 0 Å². The van der Waals surface area contributed by atoms with Crippen molar-refractivity contribution in [1.82, 2.24) is 9.88 Å². The van der Waals surface area contributed by atoms with Crippen LogP contribution in [0.5, 0.6) is 0 Å². The molecule has 2 unspecified atom stereocenters. The van der Waals surface area contributed by atoms with Crippen LogP contribution in [0.15, 0.2) is 42.6 Å². The van der Waals surface area contributed by atoms with Gasteiger partial charge in [-0.25, -0.2) is 4.79 Å². The quantitative estimate of drug-likeness (QED) is 0.909. The van der Waals surface area contributed by atoms with Gasteiger partial charge in [-0.05, 0) is 56.5 Å². The van der Waals surface area contributed by atoms with Crippen molar-refractivity contribution in [2.45, 2.75) is 45.7 Å². The first kappa shape index (κ1) is 15.5. The molecule has 2 atom stereocenters. The zero-order valence-electron chi connectivity index (χ0n) is 13.9. The Kier molecular flexibility index (Phi) is 4.33. The molecule has 0 radical (unpaired) electrons. The minimum Gasteiger partial charge on any atom is -0.319 e. The van der Waals surface area contributed by atoms with Crippen molar-refractivity contribution >= 4 is 11.7 Å². The Morgan fingerprint density at radius 3 is 2.83 bits per heavy atom. The number of likely N-dealkylation sites (tertiary alicyclic amines) is 1. The van der Waals surface area contributed by atoms with E-state index in [4.69, 9.17) is 0 Å². The number of aromatic nitrogens is 1. The molecule has 0 saturated carbocycles. The lowest BCUT2D eigenvalue weighted by Crippen LogP contribution is -2.58. The van der Waals surface area contributed by atoms with Crippen molar-refractivity contribution in [3.05, 3.63) is 48.2 Å². The van der Waals surface area contributed by atoms with Crippen molar-refractivity contribution in [1.29, 1.82) is 0 Å². The molecule has 0 spiro atoms. The average molecular weight is 309 g/mol. The molecule has 1 N–H and O–H groups in total. The molecule has 1 saturated heterocycles. The predicted molar refractivity (Wildman–Crippen MR) is 93.4 cm³/mol. The van der Waals surface area contributed by atoms with Gasteiger partial charge in [-0.15, -0.1) is 0 Å². The third-order valence-electron chi connectivity index (χ3n) is 4.62. The maximum atomic E-state index is 12.5. The first-order chi connectivity index (χ1) is 11.1. The number of urea groups is 1. The van der Waals surface area contributed by atoms with Crippen LogP contribution in [0.25, 0.3) is 11.3 Å². The van der Waals surface area contributed by atoms with Crippen LogP contribution in [-0.2, 0) is 0 Å². The molecule has 0 bridgehead atoms. The van der Waals surface area contributed by atoms with Crippen LogP contribution in [0.3, 0.4) is 0 Å². The van der Waals surface area contributed by atoms with Crippen molar-refractivity contribution in [3.63, 3.8) is 0 Å². The van der Waals surface area contributed by atoms with Gasteiger partial charge in [0, 0.05) is 29.5 Å². The van der Waals surface area contributed by atoms with Gasteiger partial charge in [0.25, 0.3) is 0 Å². The lowest BCUT2D eigenvalue weighted by molar-refractivity contribution is 0.0688. The van der Waals surface area contributed by atoms with E-state index < -0.39 is 0 Å². The average Bonchev–Trinajstić information content (AvgIpc) is 2.54. The topological polar surface area (TPSA) is 45.2 Å². The number of carbonyl (C=O) groups excluding carboxylic acids is 1. The number of amides is 2. The fourth-order valence-electron chi connectivity index (χ4n) is 3.26. The highest BCUT2D eigenvalue weighted by Gasteiger charge is 2.37. The first-order valence-electron chi connectivity index (χ1n) is 8.21. The highest BCUT2D eigenvalue weighted by atomic mass is 16.2. The monoisotopic (exact) mass is 309 g/mol. The molecular weight excluding hydrogens is 286 g/mol. The summed E-state index contributed by atoms with van der Waals surface area (Å²) in [6.45, 7) is 6.28. The summed E-state index contributed by atoms with van der Waals surface area (Å²) in [6.07, 6.45) is 3.88. The standard InChI is InChI=1S/C19H23N3O/c1-4-16-11-14(3)22(16)19(23)21-15-9-8-13(2)17(12-15)18-7-5-6-10-20-18/h5-10,12,14,16H,4,11H2,1-3H3,(H,21,23). The second-order valence-electron chi connectivity index (χ2n) is 6.23. The molecule has 120 valence electrons. The summed E-state index contributed by atoms with van der Waals surface area (Å²) in [6, 6.07) is 12.5. The number of hydrogen-bond donors (Lipinski definition) is 1. The molecule has 1 aliphatic rings. The van der Waals surface area contributed by atoms with Crippen molar-refractivity contribution < 1.29 is 4.79 Å². The highest BCUT2D eigenvalue weighted by molar-refractivity contribution is 5.91. The Balaban J connectivity index is 1.80. The van der Waals surface area contributed by atoms with E-state index >= 15 is 0 Å². The Labute approximate surface area is 137 Å². The number of nitrogens with one attached hydrogen (secondary N) is 1. The second kappa shape index (κ2) is 6.41. The Bertz CT molecular complexity index is 699. The Morgan fingerprint density at radius 1 is 1.35 bits per heavy atom. The molecule has 0 aliphatic carbocycles. The number of hydrogen-bond acceptors (Lipinski definition) is 2. The van der Waals surface area contributed by atoms with Crippen molar-refractivity contribution in [2.75, 3.05) is 5.32 Å². The number of pyridine rings is 1. The molecule has 3 rings (SSSR count). The van der Waals surface area contributed by atoms with E-state index in [0.717, 1.165) is 35.3 Å². The van der Waals surface area contributed by atoms with E-state index in [0.29, 0.717) is 12.1 Å². The van der Waals surface area contributed by atoms with E-state index in [-0.39, 0.29) is 6.03 Å². The zero-order valence-corrected chi connectivity index (χ0v) is 13.9. The van der Waals surface area contributed by atoms with Gasteiger partial charge in [0.1, 0.15) is 0 Å². The van der Waals surface area contributed by atoms with Crippen LogP contribution in [0, 0.1) is 6.92 Å². The summed E-state index contributed by atoms with van der Waals surface area (Å²) in [5.41, 5.74) is 3.93. The van der Waals surface area contributed by atoms with Crippen LogP contribution in [-0.4, -0.2) is 28.0 Å². The van der Waals surface area contributed by atoms with E-state index in [1.165, 1.54) is 0 Å². The van der Waals surface area contributed by atoms with E-state index in [1.807, 2.05) is 41.3 Å². The third-order valence-corrected chi connectivity index (χ3v) is 4.62. The molecule has 1 aromatic heterocycles. The summed E-state index contributed by atoms with van der Waals surface area (Å²) >= 11 is 0. The van der Waals surface area contributed by atoms with Crippen LogP contribution >= 0.6 is 0 Å². The van der Waals surface area contributed by atoms with Gasteiger partial charge in [0.2, 0.25) is 0 Å². The van der Waals surface area contributed by atoms with E-state index in [1.54, 1.807) is 6.20 Å². The zero-order chi connectivity index (χ0) is 16.4. The van der Waals surface area contributed by atoms with E-state index in [9.17, 15) is 4.79 Å². The summed E-state index contributed by atoms with van der Waals surface area (Å²) in [5.74, 6) is 0. The number of nitrogens with zero attached hydrogens (tertiary/aromatic N) is 2. The number of rotatable bonds is 3. The largest absolute Gasteiger partial charge is 0.322 e. The Hall–Kier alpha value is -2.36. The van der Waals surface area contributed by atoms with Crippen LogP contribution < -0.4 is 5.32 Å². The molecule has 1 aliphatic heterocycles. The molecule has 2 heterocycles. The molecule has 4 nitrogen and oxygen atoms in total. The summed E-state index contributed by atoms with van der Waals surface area (Å²) in [5, 5.41) is 3.04. The van der Waals surface area contributed by atoms with Crippen molar-refractivity contribution in [3.8, 4) is 11.3 Å². The molecule has 2 aromatic rings. The number of benzene rings is 1. The molecule has 1 aromatic carbocycles. The van der Waals surface area contributed by atoms with Crippen LogP contribution in [0.2, 0.25) is 0 Å². The fraction of sp³-hybridized carbons (Fsp3) is 0.368. The molecule has 23 heavy (non-hydrogen) atoms. The first-order valence-corrected chi connectivity index (χ1v) is 8.21. The van der Waals surface area contributed by atoms with Gasteiger partial charge in [0.05, 0.1) is 5.69 Å². The SMILES string of the molecule is CCC1CC(C)N1C(=O)Nc1ccc(C)c(-c2ccccn2)c1. The molecule has 2 amide bonds. The summed E-state index contributed by atoms with van der Waals surface area (Å²) in [7, 11) is 0. The van der Waals surface area contributed by atoms with Crippen LogP contribution in [0.1, 0.15) is 32.3 Å². The molecule has 4 heteroatoms. The second-order valence-corrected chi connectivity index (χ2v) is 6.23. The van der Waals surface area contributed by atoms with Gasteiger partial charge in [-0.1, -0.05) is 19.1 Å². The fourth-order valence-corrected chi connectivity index (χ4v) is 3.26. The number of aryl methyl sites for hydroxylation is 1. The van der Waals surface area contributed by atoms with Gasteiger partial charge >= 0.3 is 6.03 Å². The maximum absolute atomic E-state index is 12.5. The highest BCUT2D eigenvalue weighted by Crippen LogP contribution is 2.29. The molecular formula is C19H23N3O. The number of anilines is 1. The van der Waals surface area contributed by atoms with Gasteiger partial charge < -0.3 is 10.2 Å². The lowest BCUT2D eigenvalue weighted by Gasteiger charge is -2.46. The maximum Gasteiger partial charge on any atom is 0.322 e. The minimum atomic E-state index is -0.00794. The third kappa shape index (κ3) is 3.07. The van der Waals surface area contributed by atoms with E-state index in [2.05, 4.69) is 31.1 Å². The van der Waals surface area contributed by atoms with Crippen LogP contribution in [0.4, 0.5) is 10.5 Å². The minimum absolute atomic E-state index is 0.00794. The van der Waals surface area contributed by atoms with Gasteiger partial charge in [-0.3, -0.25) is 4.98 Å². The summed E-state index contributed by atoms with van der Waals surface area (Å²) < 4.78 is 0. The number of carbonyl (C=O) groups is 1. The predicted octanol–water partition coefficient (Wildman–Crippen LogP) is 4.46. The van der Waals surface area contributed by atoms with Gasteiger partial charge in [0.15, 0.2) is 0 Å². The lowest BCUT2D eigenvalue weighted by atomic mass is 9.93. The summed E-state index contributed by atoms with van der Waals surface area (Å²) in [4.78, 5) is 18.9.